The fourth-order valence-electron chi connectivity index (χ4n) is 4.08. The predicted octanol–water partition coefficient (Wildman–Crippen LogP) is 5.55. The number of fused-ring (bicyclic) bond motifs is 1. The Labute approximate surface area is 151 Å². The molecule has 1 unspecified atom stereocenters. The van der Waals surface area contributed by atoms with Gasteiger partial charge in [-0.2, -0.15) is 5.10 Å². The highest BCUT2D eigenvalue weighted by atomic mass is 15.3. The molecule has 0 fully saturated rings. The molecule has 1 atom stereocenters. The molecule has 1 N–H and O–H groups in total. The number of benzene rings is 2. The van der Waals surface area contributed by atoms with Gasteiger partial charge in [0.05, 0.1) is 11.9 Å². The third kappa shape index (κ3) is 3.55. The second kappa shape index (κ2) is 6.91. The molecule has 0 bridgehead atoms. The van der Waals surface area contributed by atoms with Crippen LogP contribution in [-0.2, 0) is 0 Å². The van der Waals surface area contributed by atoms with Crippen LogP contribution in [-0.4, -0.2) is 18.3 Å². The molecule has 25 heavy (non-hydrogen) atoms. The van der Waals surface area contributed by atoms with Crippen molar-refractivity contribution in [3.63, 3.8) is 0 Å². The summed E-state index contributed by atoms with van der Waals surface area (Å²) in [6.07, 6.45) is 3.11. The Kier molecular flexibility index (Phi) is 4.85. The molecule has 1 aliphatic heterocycles. The number of hydrogen-bond acceptors (Lipinski definition) is 3. The third-order valence-corrected chi connectivity index (χ3v) is 5.26. The lowest BCUT2D eigenvalue weighted by molar-refractivity contribution is 0.381. The zero-order chi connectivity index (χ0) is 18.0. The number of nitrogens with one attached hydrogen (secondary N) is 1. The van der Waals surface area contributed by atoms with Crippen LogP contribution in [0.4, 0.5) is 11.4 Å². The van der Waals surface area contributed by atoms with Crippen molar-refractivity contribution in [3.8, 4) is 0 Å². The van der Waals surface area contributed by atoms with E-state index in [1.54, 1.807) is 0 Å². The molecular weight excluding hydrogens is 306 g/mol. The van der Waals surface area contributed by atoms with E-state index in [-0.39, 0.29) is 5.54 Å². The molecule has 0 aromatic heterocycles. The summed E-state index contributed by atoms with van der Waals surface area (Å²) in [7, 11) is 0. The molecule has 3 rings (SSSR count). The van der Waals surface area contributed by atoms with Gasteiger partial charge in [-0.25, -0.2) is 0 Å². The van der Waals surface area contributed by atoms with Gasteiger partial charge in [-0.3, -0.25) is 5.43 Å². The normalized spacial score (nSPS) is 19.1. The minimum Gasteiger partial charge on any atom is -0.366 e. The maximum absolute atomic E-state index is 4.43. The number of nitrogens with zero attached hydrogens (tertiary/aromatic N) is 2. The largest absolute Gasteiger partial charge is 0.366 e. The number of hydrogen-bond donors (Lipinski definition) is 1. The molecule has 0 radical (unpaired) electrons. The van der Waals surface area contributed by atoms with Crippen molar-refractivity contribution in [2.24, 2.45) is 5.10 Å². The Morgan fingerprint density at radius 1 is 1.24 bits per heavy atom. The Morgan fingerprint density at radius 3 is 2.64 bits per heavy atom. The van der Waals surface area contributed by atoms with Crippen LogP contribution in [0, 0.1) is 6.92 Å². The molecule has 132 valence electrons. The molecule has 0 amide bonds. The van der Waals surface area contributed by atoms with E-state index in [1.165, 1.54) is 28.8 Å². The Morgan fingerprint density at radius 2 is 1.96 bits per heavy atom. The molecule has 0 saturated carbocycles. The smallest absolute Gasteiger partial charge is 0.0561 e. The Bertz CT molecular complexity index is 762. The lowest BCUT2D eigenvalue weighted by Gasteiger charge is -2.47. The molecule has 2 aromatic carbocycles. The van der Waals surface area contributed by atoms with Gasteiger partial charge in [-0.15, -0.1) is 0 Å². The molecule has 3 nitrogen and oxygen atoms in total. The van der Waals surface area contributed by atoms with E-state index >= 15 is 0 Å². The van der Waals surface area contributed by atoms with Crippen molar-refractivity contribution in [2.75, 3.05) is 16.9 Å². The highest BCUT2D eigenvalue weighted by Crippen LogP contribution is 2.43. The minimum absolute atomic E-state index is 0.206. The van der Waals surface area contributed by atoms with Crippen molar-refractivity contribution >= 4 is 17.6 Å². The zero-order valence-corrected chi connectivity index (χ0v) is 16.0. The molecule has 2 aromatic rings. The second-order valence-electron chi connectivity index (χ2n) is 7.67. The number of rotatable bonds is 4. The second-order valence-corrected chi connectivity index (χ2v) is 7.67. The summed E-state index contributed by atoms with van der Waals surface area (Å²) in [5, 5.41) is 4.43. The molecule has 1 heterocycles. The highest BCUT2D eigenvalue weighted by molar-refractivity contribution is 5.84. The first-order valence-corrected chi connectivity index (χ1v) is 9.18. The monoisotopic (exact) mass is 335 g/mol. The van der Waals surface area contributed by atoms with Crippen molar-refractivity contribution in [2.45, 2.75) is 52.5 Å². The van der Waals surface area contributed by atoms with Crippen LogP contribution in [0.5, 0.6) is 0 Å². The van der Waals surface area contributed by atoms with Crippen LogP contribution in [0.15, 0.2) is 47.6 Å². The quantitative estimate of drug-likeness (QED) is 0.585. The number of para-hydroxylation sites is 1. The van der Waals surface area contributed by atoms with Gasteiger partial charge < -0.3 is 4.90 Å². The van der Waals surface area contributed by atoms with Gasteiger partial charge in [0.15, 0.2) is 0 Å². The summed E-state index contributed by atoms with van der Waals surface area (Å²) in [6.45, 7) is 12.5. The summed E-state index contributed by atoms with van der Waals surface area (Å²) in [5.41, 5.74) is 9.59. The van der Waals surface area contributed by atoms with E-state index in [9.17, 15) is 0 Å². The van der Waals surface area contributed by atoms with Gasteiger partial charge in [0.2, 0.25) is 0 Å². The summed E-state index contributed by atoms with van der Waals surface area (Å²) in [6, 6.07) is 14.7. The Balaban J connectivity index is 1.90. The first-order valence-electron chi connectivity index (χ1n) is 9.18. The highest BCUT2D eigenvalue weighted by Gasteiger charge is 2.35. The maximum atomic E-state index is 4.43. The first kappa shape index (κ1) is 17.5. The standard InChI is InChI=1S/C22H29N3/c1-6-25-21-12-16(2)18(13-20(21)17(3)14-22(25,4)5)15-23-24-19-10-8-7-9-11-19/h7-13,15,17,24H,6,14H2,1-5H3/b23-15+. The Hall–Kier alpha value is -2.29. The van der Waals surface area contributed by atoms with Crippen molar-refractivity contribution < 1.29 is 0 Å². The van der Waals surface area contributed by atoms with Gasteiger partial charge >= 0.3 is 0 Å². The average molecular weight is 335 g/mol. The summed E-state index contributed by atoms with van der Waals surface area (Å²) < 4.78 is 0. The van der Waals surface area contributed by atoms with Gasteiger partial charge in [-0.05, 0) is 81.0 Å². The molecule has 0 aliphatic carbocycles. The lowest BCUT2D eigenvalue weighted by Crippen LogP contribution is -2.48. The van der Waals surface area contributed by atoms with Crippen LogP contribution >= 0.6 is 0 Å². The number of hydrazone groups is 1. The van der Waals surface area contributed by atoms with Gasteiger partial charge in [0.1, 0.15) is 0 Å². The average Bonchev–Trinajstić information content (AvgIpc) is 2.56. The topological polar surface area (TPSA) is 27.6 Å². The summed E-state index contributed by atoms with van der Waals surface area (Å²) >= 11 is 0. The van der Waals surface area contributed by atoms with Gasteiger partial charge in [0.25, 0.3) is 0 Å². The number of aryl methyl sites for hydroxylation is 1. The molecule has 3 heteroatoms. The maximum Gasteiger partial charge on any atom is 0.0561 e. The molecule has 1 aliphatic rings. The van der Waals surface area contributed by atoms with E-state index in [0.717, 1.165) is 12.2 Å². The van der Waals surface area contributed by atoms with Crippen LogP contribution in [0.1, 0.15) is 56.7 Å². The van der Waals surface area contributed by atoms with Crippen LogP contribution in [0.3, 0.4) is 0 Å². The SMILES string of the molecule is CCN1c2cc(C)c(/C=N/Nc3ccccc3)cc2C(C)CC1(C)C. The lowest BCUT2D eigenvalue weighted by atomic mass is 9.79. The van der Waals surface area contributed by atoms with E-state index in [1.807, 2.05) is 36.5 Å². The van der Waals surface area contributed by atoms with Crippen LogP contribution < -0.4 is 10.3 Å². The van der Waals surface area contributed by atoms with Crippen molar-refractivity contribution in [1.82, 2.24) is 0 Å². The van der Waals surface area contributed by atoms with E-state index < -0.39 is 0 Å². The van der Waals surface area contributed by atoms with Gasteiger partial charge in [0, 0.05) is 17.8 Å². The van der Waals surface area contributed by atoms with Crippen LogP contribution in [0.25, 0.3) is 0 Å². The molecule has 0 spiro atoms. The predicted molar refractivity (Wildman–Crippen MR) is 109 cm³/mol. The van der Waals surface area contributed by atoms with E-state index in [4.69, 9.17) is 0 Å². The molecular formula is C22H29N3. The first-order chi connectivity index (χ1) is 11.9. The van der Waals surface area contributed by atoms with Gasteiger partial charge in [-0.1, -0.05) is 25.1 Å². The van der Waals surface area contributed by atoms with E-state index in [0.29, 0.717) is 5.92 Å². The third-order valence-electron chi connectivity index (χ3n) is 5.26. The van der Waals surface area contributed by atoms with E-state index in [2.05, 4.69) is 62.2 Å². The fourth-order valence-corrected chi connectivity index (χ4v) is 4.08. The van der Waals surface area contributed by atoms with Crippen molar-refractivity contribution in [3.05, 3.63) is 59.2 Å². The summed E-state index contributed by atoms with van der Waals surface area (Å²) in [5.74, 6) is 0.558. The fraction of sp³-hybridized carbons (Fsp3) is 0.409. The number of anilines is 2. The zero-order valence-electron chi connectivity index (χ0n) is 16.0. The summed E-state index contributed by atoms with van der Waals surface area (Å²) in [4.78, 5) is 2.54. The minimum atomic E-state index is 0.206. The molecule has 0 saturated heterocycles. The van der Waals surface area contributed by atoms with Crippen LogP contribution in [0.2, 0.25) is 0 Å². The van der Waals surface area contributed by atoms with Crippen molar-refractivity contribution in [1.29, 1.82) is 0 Å².